The topological polar surface area (TPSA) is 78.4 Å². The summed E-state index contributed by atoms with van der Waals surface area (Å²) >= 11 is 6.37. The van der Waals surface area contributed by atoms with Gasteiger partial charge in [-0.05, 0) is 55.8 Å². The van der Waals surface area contributed by atoms with E-state index in [2.05, 4.69) is 10.5 Å². The van der Waals surface area contributed by atoms with E-state index in [-0.39, 0.29) is 23.2 Å². The fourth-order valence-electron chi connectivity index (χ4n) is 3.14. The summed E-state index contributed by atoms with van der Waals surface area (Å²) in [5.74, 6) is 0.865. The lowest BCUT2D eigenvalue weighted by molar-refractivity contribution is 0.0954. The first-order chi connectivity index (χ1) is 17.0. The van der Waals surface area contributed by atoms with Gasteiger partial charge in [-0.1, -0.05) is 29.8 Å². The molecular weight excluding hydrogens is 475 g/mol. The Hall–Kier alpha value is -3.78. The van der Waals surface area contributed by atoms with Crippen molar-refractivity contribution >= 4 is 23.7 Å². The van der Waals surface area contributed by atoms with E-state index in [0.717, 1.165) is 0 Å². The fourth-order valence-corrected chi connectivity index (χ4v) is 3.42. The average molecular weight is 501 g/mol. The zero-order chi connectivity index (χ0) is 25.2. The van der Waals surface area contributed by atoms with Gasteiger partial charge in [0.1, 0.15) is 12.4 Å². The molecule has 184 valence electrons. The third-order valence-electron chi connectivity index (χ3n) is 4.77. The van der Waals surface area contributed by atoms with Crippen molar-refractivity contribution in [3.8, 4) is 23.0 Å². The quantitative estimate of drug-likeness (QED) is 0.273. The number of benzene rings is 3. The maximum absolute atomic E-state index is 13.9. The van der Waals surface area contributed by atoms with E-state index in [1.807, 2.05) is 13.8 Å². The first kappa shape index (κ1) is 25.8. The van der Waals surface area contributed by atoms with Crippen LogP contribution in [0.5, 0.6) is 23.0 Å². The van der Waals surface area contributed by atoms with Gasteiger partial charge in [-0.15, -0.1) is 0 Å². The number of carbonyl (C=O) groups is 1. The van der Waals surface area contributed by atoms with Gasteiger partial charge in [0, 0.05) is 11.1 Å². The zero-order valence-electron chi connectivity index (χ0n) is 19.6. The smallest absolute Gasteiger partial charge is 0.271 e. The van der Waals surface area contributed by atoms with Crippen molar-refractivity contribution in [2.75, 3.05) is 20.3 Å². The maximum atomic E-state index is 13.9. The maximum Gasteiger partial charge on any atom is 0.271 e. The van der Waals surface area contributed by atoms with Gasteiger partial charge in [0.15, 0.2) is 23.0 Å². The Morgan fingerprint density at radius 2 is 1.74 bits per heavy atom. The molecule has 3 rings (SSSR count). The molecule has 1 amide bonds. The number of rotatable bonds is 11. The Kier molecular flexibility index (Phi) is 9.31. The second kappa shape index (κ2) is 12.6. The van der Waals surface area contributed by atoms with Gasteiger partial charge in [0.05, 0.1) is 31.6 Å². The average Bonchev–Trinajstić information content (AvgIpc) is 2.85. The largest absolute Gasteiger partial charge is 0.493 e. The molecule has 0 unspecified atom stereocenters. The third-order valence-corrected chi connectivity index (χ3v) is 5.05. The Morgan fingerprint density at radius 3 is 2.46 bits per heavy atom. The second-order valence-corrected chi connectivity index (χ2v) is 7.55. The molecule has 0 aromatic heterocycles. The van der Waals surface area contributed by atoms with Crippen molar-refractivity contribution in [1.82, 2.24) is 5.43 Å². The van der Waals surface area contributed by atoms with Gasteiger partial charge in [-0.25, -0.2) is 9.82 Å². The van der Waals surface area contributed by atoms with Crippen LogP contribution in [0.25, 0.3) is 0 Å². The molecule has 0 aliphatic carbocycles. The highest BCUT2D eigenvalue weighted by molar-refractivity contribution is 6.32. The Labute approximate surface area is 208 Å². The highest BCUT2D eigenvalue weighted by atomic mass is 35.5. The highest BCUT2D eigenvalue weighted by Gasteiger charge is 2.14. The van der Waals surface area contributed by atoms with Crippen molar-refractivity contribution in [2.45, 2.75) is 20.5 Å². The van der Waals surface area contributed by atoms with Crippen LogP contribution in [-0.2, 0) is 6.61 Å². The molecule has 9 heteroatoms. The number of hydrazone groups is 1. The molecule has 3 aromatic carbocycles. The summed E-state index contributed by atoms with van der Waals surface area (Å²) in [4.78, 5) is 12.5. The molecule has 0 aliphatic rings. The Balaban J connectivity index is 1.70. The standard InChI is InChI=1S/C26H26ClFN2O5/c1-4-33-22-11-10-18(14-23(22)34-5-2)26(31)30-29-15-17-12-20(27)25(24(13-17)32-3)35-16-19-8-6-7-9-21(19)28/h6-15H,4-5,16H2,1-3H3,(H,30,31)/b29-15+. The minimum atomic E-state index is -0.423. The van der Waals surface area contributed by atoms with Gasteiger partial charge < -0.3 is 18.9 Å². The van der Waals surface area contributed by atoms with Gasteiger partial charge in [0.25, 0.3) is 5.91 Å². The van der Waals surface area contributed by atoms with Crippen LogP contribution < -0.4 is 24.4 Å². The lowest BCUT2D eigenvalue weighted by atomic mass is 10.2. The monoisotopic (exact) mass is 500 g/mol. The van der Waals surface area contributed by atoms with E-state index >= 15 is 0 Å². The van der Waals surface area contributed by atoms with Crippen LogP contribution in [0.15, 0.2) is 59.7 Å². The van der Waals surface area contributed by atoms with Gasteiger partial charge in [-0.3, -0.25) is 4.79 Å². The number of nitrogens with one attached hydrogen (secondary N) is 1. The molecular formula is C26H26ClFN2O5. The summed E-state index contributed by atoms with van der Waals surface area (Å²) in [5, 5.41) is 4.25. The van der Waals surface area contributed by atoms with Crippen molar-refractivity contribution in [3.05, 3.63) is 82.1 Å². The van der Waals surface area contributed by atoms with Crippen molar-refractivity contribution in [2.24, 2.45) is 5.10 Å². The first-order valence-corrected chi connectivity index (χ1v) is 11.3. The van der Waals surface area contributed by atoms with E-state index in [4.69, 9.17) is 30.5 Å². The molecule has 0 saturated carbocycles. The zero-order valence-corrected chi connectivity index (χ0v) is 20.4. The van der Waals surface area contributed by atoms with Crippen LogP contribution in [0.2, 0.25) is 5.02 Å². The molecule has 0 aliphatic heterocycles. The highest BCUT2D eigenvalue weighted by Crippen LogP contribution is 2.36. The fraction of sp³-hybridized carbons (Fsp3) is 0.231. The molecule has 3 aromatic rings. The Morgan fingerprint density at radius 1 is 1.00 bits per heavy atom. The van der Waals surface area contributed by atoms with E-state index < -0.39 is 5.91 Å². The number of methoxy groups -OCH3 is 1. The van der Waals surface area contributed by atoms with E-state index in [0.29, 0.717) is 47.2 Å². The Bertz CT molecular complexity index is 1200. The van der Waals surface area contributed by atoms with Crippen LogP contribution >= 0.6 is 11.6 Å². The molecule has 0 bridgehead atoms. The summed E-state index contributed by atoms with van der Waals surface area (Å²) in [6, 6.07) is 14.4. The van der Waals surface area contributed by atoms with Crippen LogP contribution in [0.1, 0.15) is 35.3 Å². The van der Waals surface area contributed by atoms with Crippen LogP contribution in [0.4, 0.5) is 4.39 Å². The summed E-state index contributed by atoms with van der Waals surface area (Å²) < 4.78 is 36.0. The van der Waals surface area contributed by atoms with Crippen LogP contribution in [0.3, 0.4) is 0 Å². The van der Waals surface area contributed by atoms with Gasteiger partial charge in [-0.2, -0.15) is 5.10 Å². The minimum absolute atomic E-state index is 0.0158. The summed E-state index contributed by atoms with van der Waals surface area (Å²) in [5.41, 5.74) is 3.78. The summed E-state index contributed by atoms with van der Waals surface area (Å²) in [6.07, 6.45) is 1.42. The summed E-state index contributed by atoms with van der Waals surface area (Å²) in [7, 11) is 1.46. The lowest BCUT2D eigenvalue weighted by Crippen LogP contribution is -2.17. The number of hydrogen-bond acceptors (Lipinski definition) is 6. The molecule has 1 N–H and O–H groups in total. The summed E-state index contributed by atoms with van der Waals surface area (Å²) in [6.45, 7) is 4.62. The molecule has 0 saturated heterocycles. The first-order valence-electron chi connectivity index (χ1n) is 10.9. The molecule has 0 radical (unpaired) electrons. The third kappa shape index (κ3) is 6.86. The van der Waals surface area contributed by atoms with Crippen molar-refractivity contribution in [3.63, 3.8) is 0 Å². The number of halogens is 2. The second-order valence-electron chi connectivity index (χ2n) is 7.14. The van der Waals surface area contributed by atoms with E-state index in [1.165, 1.54) is 19.4 Å². The van der Waals surface area contributed by atoms with Crippen LogP contribution in [0, 0.1) is 5.82 Å². The molecule has 35 heavy (non-hydrogen) atoms. The molecule has 7 nitrogen and oxygen atoms in total. The minimum Gasteiger partial charge on any atom is -0.493 e. The molecule has 0 heterocycles. The van der Waals surface area contributed by atoms with Gasteiger partial charge in [0.2, 0.25) is 0 Å². The normalized spacial score (nSPS) is 10.8. The number of carbonyl (C=O) groups excluding carboxylic acids is 1. The van der Waals surface area contributed by atoms with E-state index in [1.54, 1.807) is 48.5 Å². The van der Waals surface area contributed by atoms with Crippen molar-refractivity contribution < 1.29 is 28.1 Å². The number of hydrogen-bond donors (Lipinski definition) is 1. The lowest BCUT2D eigenvalue weighted by Gasteiger charge is -2.13. The SMILES string of the molecule is CCOc1ccc(C(=O)N/N=C/c2cc(Cl)c(OCc3ccccc3F)c(OC)c2)cc1OCC. The molecule has 0 fully saturated rings. The number of amides is 1. The van der Waals surface area contributed by atoms with Crippen LogP contribution in [-0.4, -0.2) is 32.4 Å². The predicted molar refractivity (Wildman–Crippen MR) is 133 cm³/mol. The van der Waals surface area contributed by atoms with E-state index in [9.17, 15) is 9.18 Å². The van der Waals surface area contributed by atoms with Crippen molar-refractivity contribution in [1.29, 1.82) is 0 Å². The number of nitrogens with zero attached hydrogens (tertiary/aromatic N) is 1. The predicted octanol–water partition coefficient (Wildman–Crippen LogP) is 5.63. The van der Waals surface area contributed by atoms with Gasteiger partial charge >= 0.3 is 0 Å². The molecule has 0 spiro atoms. The number of ether oxygens (including phenoxy) is 4. The molecule has 0 atom stereocenters.